The van der Waals surface area contributed by atoms with Crippen LogP contribution in [0.2, 0.25) is 0 Å². The molecule has 0 heterocycles. The summed E-state index contributed by atoms with van der Waals surface area (Å²) in [5.41, 5.74) is 5.38. The van der Waals surface area contributed by atoms with Crippen LogP contribution in [0.4, 0.5) is 4.39 Å². The van der Waals surface area contributed by atoms with Gasteiger partial charge in [0.1, 0.15) is 10.7 Å². The Kier molecular flexibility index (Phi) is 7.59. The lowest BCUT2D eigenvalue weighted by atomic mass is 9.97. The molecule has 1 aromatic carbocycles. The van der Waals surface area contributed by atoms with Gasteiger partial charge in [0.25, 0.3) is 0 Å². The number of carbonyl (C=O) groups is 1. The van der Waals surface area contributed by atoms with Crippen LogP contribution in [0.3, 0.4) is 0 Å². The van der Waals surface area contributed by atoms with E-state index in [1.807, 2.05) is 0 Å². The molecule has 1 aromatic rings. The molecular weight excluding hydrogens is 357 g/mol. The number of amides is 1. The first kappa shape index (κ1) is 20.8. The molecule has 0 aliphatic heterocycles. The van der Waals surface area contributed by atoms with Gasteiger partial charge in [0.05, 0.1) is 5.54 Å². The van der Waals surface area contributed by atoms with E-state index in [9.17, 15) is 17.6 Å². The Hall–Kier alpha value is -1.22. The van der Waals surface area contributed by atoms with Crippen molar-refractivity contribution in [1.82, 2.24) is 10.0 Å². The third kappa shape index (κ3) is 5.14. The number of rotatable bonds is 7. The summed E-state index contributed by atoms with van der Waals surface area (Å²) in [6.45, 7) is 0.281. The van der Waals surface area contributed by atoms with Crippen molar-refractivity contribution in [2.24, 2.45) is 5.73 Å². The van der Waals surface area contributed by atoms with Gasteiger partial charge in [0.15, 0.2) is 0 Å². The van der Waals surface area contributed by atoms with Gasteiger partial charge in [-0.05, 0) is 25.0 Å². The van der Waals surface area contributed by atoms with Crippen LogP contribution in [0, 0.1) is 5.82 Å². The first-order chi connectivity index (χ1) is 10.9. The van der Waals surface area contributed by atoms with Gasteiger partial charge in [-0.1, -0.05) is 25.0 Å². The van der Waals surface area contributed by atoms with Crippen LogP contribution in [-0.2, 0) is 14.8 Å². The van der Waals surface area contributed by atoms with Crippen LogP contribution >= 0.6 is 12.4 Å². The quantitative estimate of drug-likeness (QED) is 0.664. The van der Waals surface area contributed by atoms with Crippen molar-refractivity contribution in [3.05, 3.63) is 30.1 Å². The third-order valence-electron chi connectivity index (χ3n) is 4.13. The molecule has 1 aliphatic rings. The Balaban J connectivity index is 0.00000288. The molecule has 0 bridgehead atoms. The van der Waals surface area contributed by atoms with Gasteiger partial charge in [-0.25, -0.2) is 17.5 Å². The maximum absolute atomic E-state index is 13.5. The summed E-state index contributed by atoms with van der Waals surface area (Å²) in [6, 6.07) is 5.11. The normalized spacial score (nSPS) is 16.4. The Morgan fingerprint density at radius 1 is 1.25 bits per heavy atom. The average Bonchev–Trinajstić information content (AvgIpc) is 2.96. The second kappa shape index (κ2) is 8.75. The summed E-state index contributed by atoms with van der Waals surface area (Å²) in [6.07, 6.45) is 3.72. The summed E-state index contributed by atoms with van der Waals surface area (Å²) in [5.74, 6) is -1.08. The second-order valence-corrected chi connectivity index (χ2v) is 7.55. The van der Waals surface area contributed by atoms with E-state index < -0.39 is 20.7 Å². The number of hydrogen-bond donors (Lipinski definition) is 3. The molecule has 1 aliphatic carbocycles. The summed E-state index contributed by atoms with van der Waals surface area (Å²) in [5, 5.41) is 2.91. The first-order valence-electron chi connectivity index (χ1n) is 7.64. The molecular formula is C15H23ClFN3O3S. The predicted molar refractivity (Wildman–Crippen MR) is 91.8 cm³/mol. The minimum absolute atomic E-state index is 0. The Labute approximate surface area is 147 Å². The fourth-order valence-corrected chi connectivity index (χ4v) is 3.94. The fourth-order valence-electron chi connectivity index (χ4n) is 2.83. The van der Waals surface area contributed by atoms with Gasteiger partial charge in [-0.15, -0.1) is 12.4 Å². The van der Waals surface area contributed by atoms with E-state index in [-0.39, 0.29) is 36.8 Å². The minimum Gasteiger partial charge on any atom is -0.349 e. The first-order valence-corrected chi connectivity index (χ1v) is 9.12. The van der Waals surface area contributed by atoms with Crippen molar-refractivity contribution in [2.75, 3.05) is 13.1 Å². The highest BCUT2D eigenvalue weighted by Crippen LogP contribution is 2.28. The molecule has 6 nitrogen and oxygen atoms in total. The van der Waals surface area contributed by atoms with Crippen LogP contribution in [0.1, 0.15) is 32.1 Å². The molecule has 24 heavy (non-hydrogen) atoms. The number of nitrogens with two attached hydrogens (primary N) is 1. The molecule has 9 heteroatoms. The maximum Gasteiger partial charge on any atom is 0.243 e. The molecule has 1 saturated carbocycles. The van der Waals surface area contributed by atoms with Crippen LogP contribution < -0.4 is 15.8 Å². The number of halogens is 2. The highest BCUT2D eigenvalue weighted by atomic mass is 35.5. The van der Waals surface area contributed by atoms with E-state index in [0.29, 0.717) is 6.54 Å². The van der Waals surface area contributed by atoms with Crippen molar-refractivity contribution in [1.29, 1.82) is 0 Å². The molecule has 0 saturated heterocycles. The summed E-state index contributed by atoms with van der Waals surface area (Å²) in [4.78, 5) is 11.6. The van der Waals surface area contributed by atoms with Crippen LogP contribution in [0.25, 0.3) is 0 Å². The topological polar surface area (TPSA) is 101 Å². The van der Waals surface area contributed by atoms with E-state index in [0.717, 1.165) is 31.7 Å². The predicted octanol–water partition coefficient (Wildman–Crippen LogP) is 1.30. The lowest BCUT2D eigenvalue weighted by Crippen LogP contribution is -2.52. The number of benzene rings is 1. The number of hydrogen-bond acceptors (Lipinski definition) is 4. The summed E-state index contributed by atoms with van der Waals surface area (Å²) in [7, 11) is -3.96. The molecule has 136 valence electrons. The second-order valence-electron chi connectivity index (χ2n) is 5.82. The number of nitrogens with one attached hydrogen (secondary N) is 2. The molecule has 1 fully saturated rings. The Morgan fingerprint density at radius 2 is 1.88 bits per heavy atom. The highest BCUT2D eigenvalue weighted by molar-refractivity contribution is 7.89. The van der Waals surface area contributed by atoms with Gasteiger partial charge < -0.3 is 11.1 Å². The van der Waals surface area contributed by atoms with Crippen molar-refractivity contribution in [2.45, 2.75) is 42.5 Å². The maximum atomic E-state index is 13.5. The summed E-state index contributed by atoms with van der Waals surface area (Å²) >= 11 is 0. The molecule has 4 N–H and O–H groups in total. The largest absolute Gasteiger partial charge is 0.349 e. The molecule has 0 radical (unpaired) electrons. The lowest BCUT2D eigenvalue weighted by Gasteiger charge is -2.28. The van der Waals surface area contributed by atoms with Crippen molar-refractivity contribution < 1.29 is 17.6 Å². The summed E-state index contributed by atoms with van der Waals surface area (Å²) < 4.78 is 39.8. The third-order valence-corrected chi connectivity index (χ3v) is 5.62. The van der Waals surface area contributed by atoms with E-state index in [2.05, 4.69) is 10.0 Å². The zero-order chi connectivity index (χ0) is 16.9. The lowest BCUT2D eigenvalue weighted by molar-refractivity contribution is -0.122. The zero-order valence-corrected chi connectivity index (χ0v) is 14.9. The zero-order valence-electron chi connectivity index (χ0n) is 13.3. The molecule has 0 unspecified atom stereocenters. The smallest absolute Gasteiger partial charge is 0.243 e. The Bertz CT molecular complexity index is 664. The van der Waals surface area contributed by atoms with Crippen molar-refractivity contribution in [3.63, 3.8) is 0 Å². The average molecular weight is 380 g/mol. The van der Waals surface area contributed by atoms with Crippen LogP contribution in [0.5, 0.6) is 0 Å². The van der Waals surface area contributed by atoms with Crippen molar-refractivity contribution >= 4 is 28.3 Å². The number of sulfonamides is 1. The van der Waals surface area contributed by atoms with E-state index in [1.165, 1.54) is 18.2 Å². The Morgan fingerprint density at radius 3 is 2.46 bits per heavy atom. The molecule has 2 rings (SSSR count). The van der Waals surface area contributed by atoms with Gasteiger partial charge in [0.2, 0.25) is 15.9 Å². The van der Waals surface area contributed by atoms with Gasteiger partial charge in [-0.2, -0.15) is 0 Å². The molecule has 0 spiro atoms. The van der Waals surface area contributed by atoms with E-state index in [4.69, 9.17) is 5.73 Å². The minimum atomic E-state index is -3.96. The standard InChI is InChI=1S/C15H22FN3O3S.ClH/c16-12-5-1-2-6-13(12)23(21,22)18-10-7-14(20)19-15(11-17)8-3-4-9-15;/h1-2,5-6,18H,3-4,7-11,17H2,(H,19,20);1H. The monoisotopic (exact) mass is 379 g/mol. The van der Waals surface area contributed by atoms with E-state index in [1.54, 1.807) is 0 Å². The fraction of sp³-hybridized carbons (Fsp3) is 0.533. The molecule has 0 aromatic heterocycles. The van der Waals surface area contributed by atoms with Crippen LogP contribution in [0.15, 0.2) is 29.2 Å². The van der Waals surface area contributed by atoms with Gasteiger partial charge in [-0.3, -0.25) is 4.79 Å². The van der Waals surface area contributed by atoms with Crippen LogP contribution in [-0.4, -0.2) is 33.0 Å². The highest BCUT2D eigenvalue weighted by Gasteiger charge is 2.33. The van der Waals surface area contributed by atoms with Gasteiger partial charge in [0, 0.05) is 19.5 Å². The van der Waals surface area contributed by atoms with Gasteiger partial charge >= 0.3 is 0 Å². The van der Waals surface area contributed by atoms with E-state index >= 15 is 0 Å². The number of carbonyl (C=O) groups excluding carboxylic acids is 1. The molecule has 0 atom stereocenters. The molecule has 1 amide bonds. The van der Waals surface area contributed by atoms with Crippen molar-refractivity contribution in [3.8, 4) is 0 Å². The SMILES string of the molecule is Cl.NCC1(NC(=O)CCNS(=O)(=O)c2ccccc2F)CCCC1.